The first-order valence-corrected chi connectivity index (χ1v) is 4.51. The van der Waals surface area contributed by atoms with E-state index in [0.29, 0.717) is 12.1 Å². The SMILES string of the molecule is CC(C(=O)O)c1c(C(F)(F)F)ccc(O)c1O. The Morgan fingerprint density at radius 3 is 2.24 bits per heavy atom. The van der Waals surface area contributed by atoms with Crippen LogP contribution >= 0.6 is 0 Å². The molecule has 94 valence electrons. The van der Waals surface area contributed by atoms with Crippen molar-refractivity contribution in [2.75, 3.05) is 0 Å². The molecule has 1 aromatic carbocycles. The molecule has 0 radical (unpaired) electrons. The van der Waals surface area contributed by atoms with Gasteiger partial charge in [0, 0.05) is 5.56 Å². The maximum Gasteiger partial charge on any atom is 0.416 e. The summed E-state index contributed by atoms with van der Waals surface area (Å²) >= 11 is 0. The molecule has 0 saturated carbocycles. The third-order valence-corrected chi connectivity index (χ3v) is 2.30. The molecule has 0 fully saturated rings. The van der Waals surface area contributed by atoms with Gasteiger partial charge in [0.2, 0.25) is 0 Å². The van der Waals surface area contributed by atoms with E-state index in [9.17, 15) is 23.1 Å². The highest BCUT2D eigenvalue weighted by atomic mass is 19.4. The van der Waals surface area contributed by atoms with E-state index in [1.165, 1.54) is 0 Å². The number of phenols is 2. The summed E-state index contributed by atoms with van der Waals surface area (Å²) in [7, 11) is 0. The van der Waals surface area contributed by atoms with Crippen molar-refractivity contribution in [1.29, 1.82) is 0 Å². The highest BCUT2D eigenvalue weighted by Gasteiger charge is 2.38. The second kappa shape index (κ2) is 4.15. The van der Waals surface area contributed by atoms with Gasteiger partial charge in [0.1, 0.15) is 0 Å². The standard InChI is InChI=1S/C10H9F3O4/c1-4(9(16)17)7-5(10(11,12)13)2-3-6(14)8(7)15/h2-4,14-15H,1H3,(H,16,17). The number of carboxylic acid groups (broad SMARTS) is 1. The molecule has 0 aliphatic heterocycles. The molecule has 0 spiro atoms. The molecule has 7 heteroatoms. The van der Waals surface area contributed by atoms with E-state index >= 15 is 0 Å². The van der Waals surface area contributed by atoms with Crippen LogP contribution in [0.2, 0.25) is 0 Å². The zero-order valence-corrected chi connectivity index (χ0v) is 8.62. The van der Waals surface area contributed by atoms with E-state index < -0.39 is 40.7 Å². The lowest BCUT2D eigenvalue weighted by Crippen LogP contribution is -2.15. The van der Waals surface area contributed by atoms with Gasteiger partial charge in [-0.05, 0) is 19.1 Å². The number of aromatic hydroxyl groups is 2. The highest BCUT2D eigenvalue weighted by molar-refractivity contribution is 5.78. The van der Waals surface area contributed by atoms with Crippen LogP contribution in [0, 0.1) is 0 Å². The molecule has 17 heavy (non-hydrogen) atoms. The maximum absolute atomic E-state index is 12.6. The first kappa shape index (κ1) is 13.1. The van der Waals surface area contributed by atoms with Crippen LogP contribution in [0.25, 0.3) is 0 Å². The van der Waals surface area contributed by atoms with Gasteiger partial charge in [-0.15, -0.1) is 0 Å². The zero-order valence-electron chi connectivity index (χ0n) is 8.62. The Morgan fingerprint density at radius 2 is 1.82 bits per heavy atom. The molecule has 3 N–H and O–H groups in total. The minimum atomic E-state index is -4.80. The number of hydrogen-bond acceptors (Lipinski definition) is 3. The number of carbonyl (C=O) groups is 1. The second-order valence-electron chi connectivity index (χ2n) is 3.45. The fourth-order valence-electron chi connectivity index (χ4n) is 1.41. The topological polar surface area (TPSA) is 77.8 Å². The number of aliphatic carboxylic acids is 1. The van der Waals surface area contributed by atoms with E-state index in [-0.39, 0.29) is 0 Å². The van der Waals surface area contributed by atoms with Gasteiger partial charge in [-0.25, -0.2) is 0 Å². The molecule has 1 unspecified atom stereocenters. The predicted octanol–water partition coefficient (Wildman–Crippen LogP) is 2.30. The van der Waals surface area contributed by atoms with Gasteiger partial charge in [0.05, 0.1) is 11.5 Å². The Bertz CT molecular complexity index is 454. The molecule has 4 nitrogen and oxygen atoms in total. The van der Waals surface area contributed by atoms with Crippen molar-refractivity contribution in [1.82, 2.24) is 0 Å². The van der Waals surface area contributed by atoms with E-state index in [2.05, 4.69) is 0 Å². The maximum atomic E-state index is 12.6. The Balaban J connectivity index is 3.53. The van der Waals surface area contributed by atoms with Crippen LogP contribution in [0.5, 0.6) is 11.5 Å². The zero-order chi connectivity index (χ0) is 13.4. The van der Waals surface area contributed by atoms with Gasteiger partial charge < -0.3 is 15.3 Å². The van der Waals surface area contributed by atoms with Gasteiger partial charge in [-0.3, -0.25) is 4.79 Å². The Morgan fingerprint density at radius 1 is 1.29 bits per heavy atom. The van der Waals surface area contributed by atoms with E-state index in [0.717, 1.165) is 6.92 Å². The van der Waals surface area contributed by atoms with Crippen LogP contribution in [-0.4, -0.2) is 21.3 Å². The van der Waals surface area contributed by atoms with Crippen molar-refractivity contribution in [2.24, 2.45) is 0 Å². The van der Waals surface area contributed by atoms with Gasteiger partial charge in [0.25, 0.3) is 0 Å². The van der Waals surface area contributed by atoms with Crippen molar-refractivity contribution in [3.05, 3.63) is 23.3 Å². The molecule has 1 aromatic rings. The molecule has 1 rings (SSSR count). The molecule has 0 aliphatic carbocycles. The lowest BCUT2D eigenvalue weighted by atomic mass is 9.94. The van der Waals surface area contributed by atoms with Gasteiger partial charge in [-0.1, -0.05) is 0 Å². The molecule has 0 aliphatic rings. The summed E-state index contributed by atoms with van der Waals surface area (Å²) in [5, 5.41) is 27.1. The van der Waals surface area contributed by atoms with Crippen LogP contribution < -0.4 is 0 Å². The normalized spacial score (nSPS) is 13.4. The fourth-order valence-corrected chi connectivity index (χ4v) is 1.41. The molecule has 1 atom stereocenters. The summed E-state index contributed by atoms with van der Waals surface area (Å²) in [5.74, 6) is -4.97. The van der Waals surface area contributed by atoms with E-state index in [1.54, 1.807) is 0 Å². The van der Waals surface area contributed by atoms with Crippen LogP contribution in [0.4, 0.5) is 13.2 Å². The summed E-state index contributed by atoms with van der Waals surface area (Å²) in [5.41, 5.74) is -2.12. The van der Waals surface area contributed by atoms with Crippen molar-refractivity contribution in [3.8, 4) is 11.5 Å². The molecule has 0 heterocycles. The molecule has 0 amide bonds. The van der Waals surface area contributed by atoms with Gasteiger partial charge in [0.15, 0.2) is 11.5 Å². The summed E-state index contributed by atoms with van der Waals surface area (Å²) in [6, 6.07) is 1.19. The first-order valence-electron chi connectivity index (χ1n) is 4.51. The Kier molecular flexibility index (Phi) is 3.21. The lowest BCUT2D eigenvalue weighted by Gasteiger charge is -2.17. The third kappa shape index (κ3) is 2.43. The smallest absolute Gasteiger partial charge is 0.416 e. The number of phenolic OH excluding ortho intramolecular Hbond substituents is 2. The van der Waals surface area contributed by atoms with Crippen molar-refractivity contribution >= 4 is 5.97 Å². The molecular formula is C10H9F3O4. The number of alkyl halides is 3. The summed E-state index contributed by atoms with van der Waals surface area (Å²) in [6.07, 6.45) is -4.80. The van der Waals surface area contributed by atoms with Gasteiger partial charge >= 0.3 is 12.1 Å². The van der Waals surface area contributed by atoms with Crippen LogP contribution in [0.3, 0.4) is 0 Å². The number of benzene rings is 1. The minimum absolute atomic E-state index is 0.532. The minimum Gasteiger partial charge on any atom is -0.504 e. The average Bonchev–Trinajstić information content (AvgIpc) is 2.19. The number of rotatable bonds is 2. The number of hydrogen-bond donors (Lipinski definition) is 3. The number of carboxylic acids is 1. The Labute approximate surface area is 93.9 Å². The molecule has 0 saturated heterocycles. The third-order valence-electron chi connectivity index (χ3n) is 2.30. The second-order valence-corrected chi connectivity index (χ2v) is 3.45. The molecule has 0 bridgehead atoms. The largest absolute Gasteiger partial charge is 0.504 e. The summed E-state index contributed by atoms with van der Waals surface area (Å²) in [6.45, 7) is 0.992. The van der Waals surface area contributed by atoms with Crippen molar-refractivity contribution < 1.29 is 33.3 Å². The number of halogens is 3. The lowest BCUT2D eigenvalue weighted by molar-refractivity contribution is -0.141. The summed E-state index contributed by atoms with van der Waals surface area (Å²) < 4.78 is 37.8. The first-order chi connectivity index (χ1) is 7.66. The van der Waals surface area contributed by atoms with Crippen molar-refractivity contribution in [2.45, 2.75) is 19.0 Å². The Hall–Kier alpha value is -1.92. The quantitative estimate of drug-likeness (QED) is 0.704. The fraction of sp³-hybridized carbons (Fsp3) is 0.300. The van der Waals surface area contributed by atoms with Crippen LogP contribution in [-0.2, 0) is 11.0 Å². The predicted molar refractivity (Wildman–Crippen MR) is 50.8 cm³/mol. The monoisotopic (exact) mass is 250 g/mol. The van der Waals surface area contributed by atoms with Crippen LogP contribution in [0.1, 0.15) is 24.0 Å². The highest BCUT2D eigenvalue weighted by Crippen LogP contribution is 2.43. The van der Waals surface area contributed by atoms with Crippen molar-refractivity contribution in [3.63, 3.8) is 0 Å². The van der Waals surface area contributed by atoms with Crippen LogP contribution in [0.15, 0.2) is 12.1 Å². The average molecular weight is 250 g/mol. The van der Waals surface area contributed by atoms with Gasteiger partial charge in [-0.2, -0.15) is 13.2 Å². The van der Waals surface area contributed by atoms with E-state index in [1.807, 2.05) is 0 Å². The summed E-state index contributed by atoms with van der Waals surface area (Å²) in [4.78, 5) is 10.7. The van der Waals surface area contributed by atoms with E-state index in [4.69, 9.17) is 10.2 Å². The molecular weight excluding hydrogens is 241 g/mol. The molecule has 0 aromatic heterocycles.